The van der Waals surface area contributed by atoms with Gasteiger partial charge in [-0.2, -0.15) is 0 Å². The fourth-order valence-electron chi connectivity index (χ4n) is 5.80. The number of hydrogen-bond donors (Lipinski definition) is 0. The summed E-state index contributed by atoms with van der Waals surface area (Å²) in [6.07, 6.45) is 0. The molecule has 5 aromatic rings. The molecule has 0 amide bonds. The second kappa shape index (κ2) is 6.89. The molecule has 0 unspecified atom stereocenters. The zero-order valence-electron chi connectivity index (χ0n) is 20.3. The van der Waals surface area contributed by atoms with Crippen molar-refractivity contribution in [2.24, 2.45) is 0 Å². The molecule has 5 nitrogen and oxygen atoms in total. The summed E-state index contributed by atoms with van der Waals surface area (Å²) in [6, 6.07) is 30.2. The van der Waals surface area contributed by atoms with Gasteiger partial charge in [-0.25, -0.2) is 4.98 Å². The van der Waals surface area contributed by atoms with Crippen molar-refractivity contribution in [2.75, 3.05) is 38.0 Å². The van der Waals surface area contributed by atoms with E-state index in [2.05, 4.69) is 127 Å². The summed E-state index contributed by atoms with van der Waals surface area (Å²) >= 11 is 0. The maximum absolute atomic E-state index is 6.68. The Hall–Kier alpha value is -4.25. The van der Waals surface area contributed by atoms with Crippen LogP contribution in [0, 0.1) is 0 Å². The van der Waals surface area contributed by atoms with Gasteiger partial charge in [0.15, 0.2) is 0 Å². The van der Waals surface area contributed by atoms with E-state index in [0.717, 1.165) is 56.4 Å². The van der Waals surface area contributed by atoms with E-state index < -0.39 is 5.54 Å². The quantitative estimate of drug-likeness (QED) is 0.314. The van der Waals surface area contributed by atoms with Crippen molar-refractivity contribution in [3.05, 3.63) is 102 Å². The number of rotatable bonds is 2. The zero-order valence-corrected chi connectivity index (χ0v) is 20.3. The number of benzene rings is 4. The summed E-state index contributed by atoms with van der Waals surface area (Å²) in [7, 11) is 8.24. The number of ether oxygens (including phenoxy) is 1. The van der Waals surface area contributed by atoms with Gasteiger partial charge in [0.2, 0.25) is 0 Å². The normalized spacial score (nSPS) is 14.2. The molecule has 0 bridgehead atoms. The summed E-state index contributed by atoms with van der Waals surface area (Å²) in [4.78, 5) is 9.35. The molecule has 0 atom stereocenters. The predicted molar refractivity (Wildman–Crippen MR) is 142 cm³/mol. The molecular formula is C30H26N4O. The smallest absolute Gasteiger partial charge is 0.142 e. The van der Waals surface area contributed by atoms with Gasteiger partial charge >= 0.3 is 0 Å². The Bertz CT molecular complexity index is 1590. The third-order valence-electron chi connectivity index (χ3n) is 7.42. The molecule has 35 heavy (non-hydrogen) atoms. The molecule has 0 fully saturated rings. The fraction of sp³-hybridized carbons (Fsp3) is 0.167. The standard InChI is InChI=1S/C30H26N4O/c1-32(2)19-13-15-23-27(17-19)35-28-18-20(33(3)4)14-16-24(28)30(23)22-10-6-5-9-21(22)29-31-25-11-7-8-12-26(25)34(29)30/h5-18H,1-4H3. The third-order valence-corrected chi connectivity index (χ3v) is 7.42. The zero-order chi connectivity index (χ0) is 23.9. The van der Waals surface area contributed by atoms with Gasteiger partial charge in [0, 0.05) is 68.4 Å². The van der Waals surface area contributed by atoms with Gasteiger partial charge in [0.05, 0.1) is 11.0 Å². The lowest BCUT2D eigenvalue weighted by Gasteiger charge is -2.40. The number of para-hydroxylation sites is 2. The molecule has 0 saturated heterocycles. The molecule has 2 aliphatic rings. The molecule has 1 spiro atoms. The lowest BCUT2D eigenvalue weighted by Crippen LogP contribution is -2.37. The van der Waals surface area contributed by atoms with Gasteiger partial charge in [-0.15, -0.1) is 0 Å². The van der Waals surface area contributed by atoms with Crippen LogP contribution in [0.3, 0.4) is 0 Å². The molecule has 0 N–H and O–H groups in total. The lowest BCUT2D eigenvalue weighted by molar-refractivity contribution is 0.403. The van der Waals surface area contributed by atoms with Crippen molar-refractivity contribution in [1.82, 2.24) is 9.55 Å². The number of aromatic nitrogens is 2. The Morgan fingerprint density at radius 1 is 0.686 bits per heavy atom. The molecule has 4 aromatic carbocycles. The van der Waals surface area contributed by atoms with E-state index in [1.54, 1.807) is 0 Å². The Balaban J connectivity index is 1.67. The first-order valence-corrected chi connectivity index (χ1v) is 11.9. The Labute approximate surface area is 204 Å². The van der Waals surface area contributed by atoms with Crippen LogP contribution in [0.25, 0.3) is 22.4 Å². The minimum absolute atomic E-state index is 0.583. The van der Waals surface area contributed by atoms with Crippen LogP contribution in [-0.2, 0) is 5.54 Å². The summed E-state index contributed by atoms with van der Waals surface area (Å²) < 4.78 is 9.11. The summed E-state index contributed by atoms with van der Waals surface area (Å²) in [6.45, 7) is 0. The maximum Gasteiger partial charge on any atom is 0.142 e. The highest BCUT2D eigenvalue weighted by molar-refractivity contribution is 5.89. The fourth-order valence-corrected chi connectivity index (χ4v) is 5.80. The van der Waals surface area contributed by atoms with E-state index in [-0.39, 0.29) is 0 Å². The summed E-state index contributed by atoms with van der Waals surface area (Å²) in [5.74, 6) is 2.74. The molecule has 172 valence electrons. The van der Waals surface area contributed by atoms with Gasteiger partial charge in [0.25, 0.3) is 0 Å². The maximum atomic E-state index is 6.68. The van der Waals surface area contributed by atoms with Crippen LogP contribution in [-0.4, -0.2) is 37.7 Å². The topological polar surface area (TPSA) is 33.5 Å². The number of nitrogens with zero attached hydrogens (tertiary/aromatic N) is 4. The van der Waals surface area contributed by atoms with Crippen LogP contribution >= 0.6 is 0 Å². The second-order valence-corrected chi connectivity index (χ2v) is 9.77. The van der Waals surface area contributed by atoms with Crippen molar-refractivity contribution in [3.8, 4) is 22.9 Å². The highest BCUT2D eigenvalue weighted by Gasteiger charge is 2.52. The van der Waals surface area contributed by atoms with E-state index in [1.165, 1.54) is 5.56 Å². The van der Waals surface area contributed by atoms with Gasteiger partial charge < -0.3 is 19.1 Å². The second-order valence-electron chi connectivity index (χ2n) is 9.77. The first-order valence-electron chi connectivity index (χ1n) is 11.9. The SMILES string of the molecule is CN(C)c1ccc2c(c1)Oc1cc(N(C)C)ccc1C21c2ccccc2-c2nc3ccccc3n21. The minimum atomic E-state index is -0.583. The van der Waals surface area contributed by atoms with E-state index >= 15 is 0 Å². The number of fused-ring (bicyclic) bond motifs is 11. The van der Waals surface area contributed by atoms with Crippen LogP contribution in [0.4, 0.5) is 11.4 Å². The molecule has 7 rings (SSSR count). The molecule has 1 aromatic heterocycles. The first-order chi connectivity index (χ1) is 17.0. The minimum Gasteiger partial charge on any atom is -0.456 e. The lowest BCUT2D eigenvalue weighted by atomic mass is 9.74. The van der Waals surface area contributed by atoms with Crippen LogP contribution in [0.2, 0.25) is 0 Å². The van der Waals surface area contributed by atoms with Crippen molar-refractivity contribution in [2.45, 2.75) is 5.54 Å². The van der Waals surface area contributed by atoms with E-state index in [4.69, 9.17) is 9.72 Å². The summed E-state index contributed by atoms with van der Waals surface area (Å²) in [5.41, 5.74) is 8.39. The van der Waals surface area contributed by atoms with E-state index in [1.807, 2.05) is 0 Å². The van der Waals surface area contributed by atoms with Gasteiger partial charge in [-0.3, -0.25) is 0 Å². The molecule has 0 saturated carbocycles. The van der Waals surface area contributed by atoms with Gasteiger partial charge in [0.1, 0.15) is 22.9 Å². The van der Waals surface area contributed by atoms with Crippen LogP contribution in [0.15, 0.2) is 84.9 Å². The average molecular weight is 459 g/mol. The van der Waals surface area contributed by atoms with Crippen LogP contribution in [0.1, 0.15) is 16.7 Å². The molecule has 2 aliphatic heterocycles. The first kappa shape index (κ1) is 20.2. The van der Waals surface area contributed by atoms with Crippen molar-refractivity contribution in [3.63, 3.8) is 0 Å². The van der Waals surface area contributed by atoms with Crippen LogP contribution < -0.4 is 14.5 Å². The van der Waals surface area contributed by atoms with Crippen LogP contribution in [0.5, 0.6) is 11.5 Å². The van der Waals surface area contributed by atoms with Crippen molar-refractivity contribution in [1.29, 1.82) is 0 Å². The number of anilines is 2. The average Bonchev–Trinajstić information content (AvgIpc) is 3.38. The Kier molecular flexibility index (Phi) is 3.97. The third kappa shape index (κ3) is 2.50. The summed E-state index contributed by atoms with van der Waals surface area (Å²) in [5, 5.41) is 0. The molecule has 0 radical (unpaired) electrons. The molecule has 0 aliphatic carbocycles. The van der Waals surface area contributed by atoms with Gasteiger partial charge in [-0.05, 0) is 29.8 Å². The monoisotopic (exact) mass is 458 g/mol. The molecular weight excluding hydrogens is 432 g/mol. The predicted octanol–water partition coefficient (Wildman–Crippen LogP) is 6.09. The Morgan fingerprint density at radius 3 is 1.94 bits per heavy atom. The van der Waals surface area contributed by atoms with E-state index in [0.29, 0.717) is 0 Å². The van der Waals surface area contributed by atoms with Gasteiger partial charge in [-0.1, -0.05) is 48.5 Å². The highest BCUT2D eigenvalue weighted by Crippen LogP contribution is 2.60. The van der Waals surface area contributed by atoms with Crippen molar-refractivity contribution >= 4 is 22.4 Å². The number of hydrogen-bond acceptors (Lipinski definition) is 4. The highest BCUT2D eigenvalue weighted by atomic mass is 16.5. The Morgan fingerprint density at radius 2 is 1.29 bits per heavy atom. The molecule has 5 heteroatoms. The largest absolute Gasteiger partial charge is 0.456 e. The van der Waals surface area contributed by atoms with Crippen molar-refractivity contribution < 1.29 is 4.74 Å². The van der Waals surface area contributed by atoms with E-state index in [9.17, 15) is 0 Å². The molecule has 3 heterocycles. The number of imidazole rings is 1.